The van der Waals surface area contributed by atoms with Crippen molar-refractivity contribution < 1.29 is 29.3 Å². The van der Waals surface area contributed by atoms with Crippen LogP contribution < -0.4 is 10.6 Å². The Kier molecular flexibility index (Phi) is 5.54. The second-order valence-corrected chi connectivity index (χ2v) is 5.66. The third kappa shape index (κ3) is 4.32. The van der Waals surface area contributed by atoms with Gasteiger partial charge < -0.3 is 25.6 Å². The Morgan fingerprint density at radius 2 is 1.95 bits per heavy atom. The first-order chi connectivity index (χ1) is 9.68. The Morgan fingerprint density at radius 1 is 1.33 bits per heavy atom. The molecule has 3 atom stereocenters. The smallest absolute Gasteiger partial charge is 0.326 e. The van der Waals surface area contributed by atoms with Crippen LogP contribution in [-0.4, -0.2) is 53.0 Å². The summed E-state index contributed by atoms with van der Waals surface area (Å²) in [4.78, 5) is 33.2. The van der Waals surface area contributed by atoms with Gasteiger partial charge in [0.2, 0.25) is 0 Å². The normalized spacial score (nSPS) is 24.5. The lowest BCUT2D eigenvalue weighted by atomic mass is 9.64. The molecule has 3 unspecified atom stereocenters. The topological polar surface area (TPSA) is 125 Å². The molecule has 1 aliphatic carbocycles. The Bertz CT molecular complexity index is 423. The van der Waals surface area contributed by atoms with E-state index in [9.17, 15) is 14.4 Å². The highest BCUT2D eigenvalue weighted by Gasteiger charge is 2.49. The molecule has 8 nitrogen and oxygen atoms in total. The molecule has 1 aliphatic rings. The van der Waals surface area contributed by atoms with Gasteiger partial charge in [0.1, 0.15) is 6.04 Å². The molecule has 0 aromatic rings. The molecule has 0 aliphatic heterocycles. The molecule has 0 saturated heterocycles. The van der Waals surface area contributed by atoms with Crippen molar-refractivity contribution in [2.45, 2.75) is 51.8 Å². The number of aliphatic carboxylic acids is 2. The highest BCUT2D eigenvalue weighted by molar-refractivity contribution is 5.86. The van der Waals surface area contributed by atoms with E-state index < -0.39 is 30.4 Å². The Morgan fingerprint density at radius 3 is 2.38 bits per heavy atom. The molecule has 8 heteroatoms. The van der Waals surface area contributed by atoms with Crippen LogP contribution in [0.4, 0.5) is 4.79 Å². The van der Waals surface area contributed by atoms with Gasteiger partial charge in [-0.25, -0.2) is 9.59 Å². The van der Waals surface area contributed by atoms with E-state index in [4.69, 9.17) is 14.9 Å². The number of amides is 2. The lowest BCUT2D eigenvalue weighted by Gasteiger charge is -2.51. The van der Waals surface area contributed by atoms with Gasteiger partial charge in [0.05, 0.1) is 12.5 Å². The number of urea groups is 1. The average Bonchev–Trinajstić information content (AvgIpc) is 2.36. The molecule has 2 amide bonds. The summed E-state index contributed by atoms with van der Waals surface area (Å²) < 4.78 is 5.53. The number of carboxylic acid groups (broad SMARTS) is 2. The van der Waals surface area contributed by atoms with Crippen LogP contribution in [0.25, 0.3) is 0 Å². The molecule has 1 saturated carbocycles. The molecule has 4 N–H and O–H groups in total. The zero-order valence-corrected chi connectivity index (χ0v) is 12.4. The molecule has 0 bridgehead atoms. The summed E-state index contributed by atoms with van der Waals surface area (Å²) in [5.74, 6) is -2.67. The first-order valence-electron chi connectivity index (χ1n) is 6.81. The lowest BCUT2D eigenvalue weighted by molar-refractivity contribution is -0.145. The van der Waals surface area contributed by atoms with E-state index in [1.54, 1.807) is 0 Å². The van der Waals surface area contributed by atoms with E-state index in [1.807, 2.05) is 20.8 Å². The number of ether oxygens (including phenoxy) is 1. The maximum atomic E-state index is 11.8. The Hall–Kier alpha value is -1.83. The molecule has 1 rings (SSSR count). The van der Waals surface area contributed by atoms with Gasteiger partial charge in [-0.1, -0.05) is 13.8 Å². The van der Waals surface area contributed by atoms with Gasteiger partial charge in [-0.05, 0) is 13.3 Å². The van der Waals surface area contributed by atoms with Crippen molar-refractivity contribution in [3.05, 3.63) is 0 Å². The number of carbonyl (C=O) groups excluding carboxylic acids is 1. The first-order valence-corrected chi connectivity index (χ1v) is 6.81. The van der Waals surface area contributed by atoms with Crippen molar-refractivity contribution in [2.24, 2.45) is 5.41 Å². The SMILES string of the molecule is CCOC1CC(NC(=O)NC(CC(=O)O)C(=O)O)C1(C)C. The van der Waals surface area contributed by atoms with Crippen LogP contribution in [0, 0.1) is 5.41 Å². The van der Waals surface area contributed by atoms with Crippen molar-refractivity contribution in [1.29, 1.82) is 0 Å². The molecule has 0 spiro atoms. The van der Waals surface area contributed by atoms with E-state index in [2.05, 4.69) is 10.6 Å². The summed E-state index contributed by atoms with van der Waals surface area (Å²) in [6.07, 6.45) is 0.0191. The maximum Gasteiger partial charge on any atom is 0.326 e. The largest absolute Gasteiger partial charge is 0.481 e. The Labute approximate surface area is 122 Å². The van der Waals surface area contributed by atoms with Crippen LogP contribution in [0.2, 0.25) is 0 Å². The minimum absolute atomic E-state index is 0.0436. The van der Waals surface area contributed by atoms with E-state index in [0.717, 1.165) is 0 Å². The van der Waals surface area contributed by atoms with Gasteiger partial charge in [0.25, 0.3) is 0 Å². The van der Waals surface area contributed by atoms with Gasteiger partial charge in [-0.15, -0.1) is 0 Å². The van der Waals surface area contributed by atoms with Crippen LogP contribution in [0.3, 0.4) is 0 Å². The van der Waals surface area contributed by atoms with Crippen LogP contribution in [0.1, 0.15) is 33.6 Å². The fourth-order valence-electron chi connectivity index (χ4n) is 2.35. The molecule has 0 aromatic heterocycles. The highest BCUT2D eigenvalue weighted by Crippen LogP contribution is 2.42. The second kappa shape index (κ2) is 6.75. The van der Waals surface area contributed by atoms with Crippen LogP contribution >= 0.6 is 0 Å². The molecular formula is C13H22N2O6. The summed E-state index contributed by atoms with van der Waals surface area (Å²) in [6, 6.07) is -2.28. The van der Waals surface area contributed by atoms with Crippen molar-refractivity contribution in [1.82, 2.24) is 10.6 Å². The molecule has 0 heterocycles. The number of hydrogen-bond donors (Lipinski definition) is 4. The van der Waals surface area contributed by atoms with Gasteiger partial charge in [-0.2, -0.15) is 0 Å². The molecule has 120 valence electrons. The van der Waals surface area contributed by atoms with E-state index in [1.165, 1.54) is 0 Å². The molecule has 21 heavy (non-hydrogen) atoms. The van der Waals surface area contributed by atoms with Gasteiger partial charge >= 0.3 is 18.0 Å². The second-order valence-electron chi connectivity index (χ2n) is 5.66. The van der Waals surface area contributed by atoms with Crippen molar-refractivity contribution >= 4 is 18.0 Å². The number of nitrogens with one attached hydrogen (secondary N) is 2. The van der Waals surface area contributed by atoms with Gasteiger partial charge in [0, 0.05) is 18.1 Å². The number of carbonyl (C=O) groups is 3. The van der Waals surface area contributed by atoms with E-state index in [0.29, 0.717) is 13.0 Å². The number of hydrogen-bond acceptors (Lipinski definition) is 4. The van der Waals surface area contributed by atoms with Crippen LogP contribution in [0.15, 0.2) is 0 Å². The van der Waals surface area contributed by atoms with Crippen molar-refractivity contribution in [3.63, 3.8) is 0 Å². The summed E-state index contributed by atoms with van der Waals surface area (Å²) in [5.41, 5.74) is -0.251. The van der Waals surface area contributed by atoms with Crippen LogP contribution in [0.5, 0.6) is 0 Å². The summed E-state index contributed by atoms with van der Waals surface area (Å²) in [7, 11) is 0. The van der Waals surface area contributed by atoms with Gasteiger partial charge in [-0.3, -0.25) is 4.79 Å². The lowest BCUT2D eigenvalue weighted by Crippen LogP contribution is -2.64. The average molecular weight is 302 g/mol. The highest BCUT2D eigenvalue weighted by atomic mass is 16.5. The van der Waals surface area contributed by atoms with E-state index >= 15 is 0 Å². The summed E-state index contributed by atoms with van der Waals surface area (Å²) in [5, 5.41) is 22.3. The predicted octanol–water partition coefficient (Wildman–Crippen LogP) is 0.417. The zero-order chi connectivity index (χ0) is 16.2. The Balaban J connectivity index is 2.50. The summed E-state index contributed by atoms with van der Waals surface area (Å²) >= 11 is 0. The molecule has 1 fully saturated rings. The summed E-state index contributed by atoms with van der Waals surface area (Å²) in [6.45, 7) is 6.39. The molecule has 0 radical (unpaired) electrons. The minimum atomic E-state index is -1.45. The fraction of sp³-hybridized carbons (Fsp3) is 0.769. The van der Waals surface area contributed by atoms with Crippen molar-refractivity contribution in [3.8, 4) is 0 Å². The molecule has 0 aromatic carbocycles. The number of rotatable bonds is 7. The fourth-order valence-corrected chi connectivity index (χ4v) is 2.35. The maximum absolute atomic E-state index is 11.8. The molecular weight excluding hydrogens is 280 g/mol. The first kappa shape index (κ1) is 17.2. The zero-order valence-electron chi connectivity index (χ0n) is 12.4. The third-order valence-electron chi connectivity index (χ3n) is 3.83. The predicted molar refractivity (Wildman–Crippen MR) is 72.9 cm³/mol. The van der Waals surface area contributed by atoms with E-state index in [-0.39, 0.29) is 17.6 Å². The third-order valence-corrected chi connectivity index (χ3v) is 3.83. The minimum Gasteiger partial charge on any atom is -0.481 e. The van der Waals surface area contributed by atoms with Gasteiger partial charge in [0.15, 0.2) is 0 Å². The number of carboxylic acids is 2. The monoisotopic (exact) mass is 302 g/mol. The van der Waals surface area contributed by atoms with Crippen LogP contribution in [-0.2, 0) is 14.3 Å². The quantitative estimate of drug-likeness (QED) is 0.540. The standard InChI is InChI=1S/C13H22N2O6/c1-4-21-9-6-8(13(9,2)3)15-12(20)14-7(11(18)19)5-10(16)17/h7-9H,4-6H2,1-3H3,(H,16,17)(H,18,19)(H2,14,15,20). The van der Waals surface area contributed by atoms with Crippen molar-refractivity contribution in [2.75, 3.05) is 6.61 Å².